The Morgan fingerprint density at radius 2 is 2.00 bits per heavy atom. The van der Waals surface area contributed by atoms with Gasteiger partial charge in [-0.2, -0.15) is 0 Å². The van der Waals surface area contributed by atoms with Crippen LogP contribution in [-0.2, 0) is 20.9 Å². The monoisotopic (exact) mass is 359 g/mol. The highest BCUT2D eigenvalue weighted by Gasteiger charge is 2.23. The van der Waals surface area contributed by atoms with Crippen molar-refractivity contribution < 1.29 is 14.3 Å². The summed E-state index contributed by atoms with van der Waals surface area (Å²) < 4.78 is 5.79. The van der Waals surface area contributed by atoms with Crippen molar-refractivity contribution in [1.82, 2.24) is 15.1 Å². The van der Waals surface area contributed by atoms with Crippen molar-refractivity contribution in [3.05, 3.63) is 35.9 Å². The van der Waals surface area contributed by atoms with E-state index in [-0.39, 0.29) is 24.5 Å². The number of hydrogen-bond donors (Lipinski definition) is 1. The Morgan fingerprint density at radius 1 is 1.15 bits per heavy atom. The van der Waals surface area contributed by atoms with Crippen molar-refractivity contribution >= 4 is 11.8 Å². The van der Waals surface area contributed by atoms with Crippen LogP contribution in [0.5, 0.6) is 0 Å². The van der Waals surface area contributed by atoms with Gasteiger partial charge in [-0.05, 0) is 18.4 Å². The van der Waals surface area contributed by atoms with Crippen molar-refractivity contribution in [2.75, 3.05) is 39.3 Å². The second-order valence-corrected chi connectivity index (χ2v) is 7.14. The summed E-state index contributed by atoms with van der Waals surface area (Å²) in [7, 11) is 0. The molecule has 1 unspecified atom stereocenters. The molecule has 0 spiro atoms. The fraction of sp³-hybridized carbons (Fsp3) is 0.600. The molecule has 0 radical (unpaired) electrons. The van der Waals surface area contributed by atoms with E-state index in [1.54, 1.807) is 4.90 Å². The Bertz CT molecular complexity index is 593. The average Bonchev–Trinajstić information content (AvgIpc) is 2.86. The number of carbonyl (C=O) groups excluding carboxylic acids is 2. The second-order valence-electron chi connectivity index (χ2n) is 7.14. The van der Waals surface area contributed by atoms with Crippen LogP contribution in [0.25, 0.3) is 0 Å². The van der Waals surface area contributed by atoms with Crippen molar-refractivity contribution in [2.24, 2.45) is 0 Å². The predicted molar refractivity (Wildman–Crippen MR) is 99.5 cm³/mol. The third kappa shape index (κ3) is 5.81. The van der Waals surface area contributed by atoms with Gasteiger partial charge in [-0.1, -0.05) is 36.8 Å². The summed E-state index contributed by atoms with van der Waals surface area (Å²) in [6, 6.07) is 10.4. The Balaban J connectivity index is 1.40. The van der Waals surface area contributed by atoms with E-state index in [1.807, 2.05) is 6.07 Å². The molecule has 0 aromatic heterocycles. The van der Waals surface area contributed by atoms with Gasteiger partial charge >= 0.3 is 0 Å². The van der Waals surface area contributed by atoms with Crippen LogP contribution in [0.1, 0.15) is 31.2 Å². The molecule has 2 heterocycles. The number of amides is 2. The number of nitrogens with one attached hydrogen (secondary N) is 1. The van der Waals surface area contributed by atoms with Gasteiger partial charge in [0.1, 0.15) is 0 Å². The highest BCUT2D eigenvalue weighted by molar-refractivity contribution is 5.84. The van der Waals surface area contributed by atoms with Gasteiger partial charge in [0.05, 0.1) is 19.3 Å². The van der Waals surface area contributed by atoms with Crippen molar-refractivity contribution in [1.29, 1.82) is 0 Å². The summed E-state index contributed by atoms with van der Waals surface area (Å²) in [5.74, 6) is 0.00429. The predicted octanol–water partition coefficient (Wildman–Crippen LogP) is 1.41. The molecule has 1 aromatic rings. The molecule has 2 fully saturated rings. The molecule has 1 atom stereocenters. The molecule has 2 aliphatic heterocycles. The van der Waals surface area contributed by atoms with Gasteiger partial charge in [0.2, 0.25) is 11.8 Å². The lowest BCUT2D eigenvalue weighted by Crippen LogP contribution is -2.48. The molecule has 2 aliphatic rings. The maximum absolute atomic E-state index is 12.2. The number of rotatable bonds is 6. The van der Waals surface area contributed by atoms with Crippen LogP contribution >= 0.6 is 0 Å². The summed E-state index contributed by atoms with van der Waals surface area (Å²) in [4.78, 5) is 28.2. The van der Waals surface area contributed by atoms with E-state index in [9.17, 15) is 9.59 Å². The maximum atomic E-state index is 12.2. The number of morpholine rings is 1. The SMILES string of the molecule is O=C(CN1CCCCCC1=O)NCC1CN(Cc2ccccc2)CCO1. The number of nitrogens with zero attached hydrogens (tertiary/aromatic N) is 2. The maximum Gasteiger partial charge on any atom is 0.239 e. The molecule has 0 bridgehead atoms. The highest BCUT2D eigenvalue weighted by atomic mass is 16.5. The van der Waals surface area contributed by atoms with Crippen LogP contribution in [0, 0.1) is 0 Å². The molecule has 3 rings (SSSR count). The Hall–Kier alpha value is -1.92. The summed E-state index contributed by atoms with van der Waals surface area (Å²) >= 11 is 0. The van der Waals surface area contributed by atoms with Crippen molar-refractivity contribution in [3.63, 3.8) is 0 Å². The number of carbonyl (C=O) groups is 2. The lowest BCUT2D eigenvalue weighted by Gasteiger charge is -2.33. The molecule has 6 heteroatoms. The fourth-order valence-corrected chi connectivity index (χ4v) is 3.55. The topological polar surface area (TPSA) is 61.9 Å². The van der Waals surface area contributed by atoms with Gasteiger partial charge < -0.3 is 15.0 Å². The first kappa shape index (κ1) is 18.9. The largest absolute Gasteiger partial charge is 0.374 e. The van der Waals surface area contributed by atoms with Crippen molar-refractivity contribution in [3.8, 4) is 0 Å². The first-order chi connectivity index (χ1) is 12.7. The van der Waals surface area contributed by atoms with E-state index in [1.165, 1.54) is 5.56 Å². The third-order valence-electron chi connectivity index (χ3n) is 5.00. The second kappa shape index (κ2) is 9.69. The third-order valence-corrected chi connectivity index (χ3v) is 5.00. The molecule has 1 aromatic carbocycles. The van der Waals surface area contributed by atoms with Gasteiger partial charge in [-0.15, -0.1) is 0 Å². The van der Waals surface area contributed by atoms with E-state index in [0.29, 0.717) is 26.1 Å². The summed E-state index contributed by atoms with van der Waals surface area (Å²) in [6.45, 7) is 4.64. The normalized spacial score (nSPS) is 22.1. The highest BCUT2D eigenvalue weighted by Crippen LogP contribution is 2.11. The smallest absolute Gasteiger partial charge is 0.239 e. The minimum atomic E-state index is -0.0935. The Labute approximate surface area is 155 Å². The molecular weight excluding hydrogens is 330 g/mol. The van der Waals surface area contributed by atoms with E-state index >= 15 is 0 Å². The minimum Gasteiger partial charge on any atom is -0.374 e. The molecule has 1 N–H and O–H groups in total. The molecule has 6 nitrogen and oxygen atoms in total. The zero-order valence-electron chi connectivity index (χ0n) is 15.4. The minimum absolute atomic E-state index is 0.00347. The average molecular weight is 359 g/mol. The van der Waals surface area contributed by atoms with E-state index in [2.05, 4.69) is 34.5 Å². The van der Waals surface area contributed by atoms with Gasteiger partial charge in [-0.25, -0.2) is 0 Å². The molecule has 26 heavy (non-hydrogen) atoms. The zero-order chi connectivity index (χ0) is 18.2. The van der Waals surface area contributed by atoms with Crippen LogP contribution in [0.3, 0.4) is 0 Å². The van der Waals surface area contributed by atoms with Crippen LogP contribution < -0.4 is 5.32 Å². The quantitative estimate of drug-likeness (QED) is 0.834. The Kier molecular flexibility index (Phi) is 7.03. The van der Waals surface area contributed by atoms with E-state index in [0.717, 1.165) is 38.9 Å². The fourth-order valence-electron chi connectivity index (χ4n) is 3.55. The van der Waals surface area contributed by atoms with Gasteiger partial charge in [0.15, 0.2) is 0 Å². The number of hydrogen-bond acceptors (Lipinski definition) is 4. The van der Waals surface area contributed by atoms with Gasteiger partial charge in [0.25, 0.3) is 0 Å². The molecule has 142 valence electrons. The van der Waals surface area contributed by atoms with Crippen LogP contribution in [0.4, 0.5) is 0 Å². The Morgan fingerprint density at radius 3 is 2.85 bits per heavy atom. The zero-order valence-corrected chi connectivity index (χ0v) is 15.4. The number of ether oxygens (including phenoxy) is 1. The van der Waals surface area contributed by atoms with Crippen LogP contribution in [0.15, 0.2) is 30.3 Å². The molecule has 0 saturated carbocycles. The number of likely N-dealkylation sites (tertiary alicyclic amines) is 1. The molecule has 2 saturated heterocycles. The molecular formula is C20H29N3O3. The number of benzene rings is 1. The standard InChI is InChI=1S/C20H29N3O3/c24-19(16-23-10-6-2-5-9-20(23)25)21-13-18-15-22(11-12-26-18)14-17-7-3-1-4-8-17/h1,3-4,7-8,18H,2,5-6,9-16H2,(H,21,24). The molecule has 2 amide bonds. The van der Waals surface area contributed by atoms with Gasteiger partial charge in [-0.3, -0.25) is 14.5 Å². The van der Waals surface area contributed by atoms with Gasteiger partial charge in [0, 0.05) is 39.1 Å². The first-order valence-corrected chi connectivity index (χ1v) is 9.63. The van der Waals surface area contributed by atoms with E-state index in [4.69, 9.17) is 4.74 Å². The van der Waals surface area contributed by atoms with Crippen molar-refractivity contribution in [2.45, 2.75) is 38.3 Å². The summed E-state index contributed by atoms with van der Waals surface area (Å²) in [5.41, 5.74) is 1.29. The lowest BCUT2D eigenvalue weighted by molar-refractivity contribution is -0.135. The molecule has 0 aliphatic carbocycles. The van der Waals surface area contributed by atoms with E-state index < -0.39 is 0 Å². The summed E-state index contributed by atoms with van der Waals surface area (Å²) in [5, 5.41) is 2.94. The van der Waals surface area contributed by atoms with Crippen LogP contribution in [0.2, 0.25) is 0 Å². The summed E-state index contributed by atoms with van der Waals surface area (Å²) in [6.07, 6.45) is 3.55. The lowest BCUT2D eigenvalue weighted by atomic mass is 10.2. The van der Waals surface area contributed by atoms with Crippen LogP contribution in [-0.4, -0.2) is 67.0 Å². The first-order valence-electron chi connectivity index (χ1n) is 9.63.